The van der Waals surface area contributed by atoms with E-state index in [0.29, 0.717) is 35.8 Å². The number of rotatable bonds is 9. The average Bonchev–Trinajstić information content (AvgIpc) is 2.82. The Balaban J connectivity index is 1.98. The number of ketones is 1. The van der Waals surface area contributed by atoms with Crippen molar-refractivity contribution in [1.82, 2.24) is 4.90 Å². The predicted octanol–water partition coefficient (Wildman–Crippen LogP) is 3.80. The highest BCUT2D eigenvalue weighted by Crippen LogP contribution is 2.42. The number of methoxy groups -OCH3 is 1. The lowest BCUT2D eigenvalue weighted by molar-refractivity contribution is -0.385. The molecule has 2 aromatic carbocycles. The average molecular weight is 443 g/mol. The number of nitro benzene ring substituents is 1. The second-order valence-corrected chi connectivity index (χ2v) is 8.13. The van der Waals surface area contributed by atoms with Crippen LogP contribution in [0.2, 0.25) is 0 Å². The smallest absolute Gasteiger partial charge is 0.284 e. The van der Waals surface area contributed by atoms with Crippen LogP contribution in [-0.2, 0) is 6.42 Å². The quantitative estimate of drug-likeness (QED) is 0.358. The van der Waals surface area contributed by atoms with Gasteiger partial charge in [-0.3, -0.25) is 14.9 Å². The van der Waals surface area contributed by atoms with Gasteiger partial charge in [-0.15, -0.1) is 0 Å². The van der Waals surface area contributed by atoms with E-state index in [1.807, 2.05) is 0 Å². The molecule has 1 N–H and O–H groups in total. The summed E-state index contributed by atoms with van der Waals surface area (Å²) in [7, 11) is 3.53. The zero-order chi connectivity index (χ0) is 23.3. The van der Waals surface area contributed by atoms with Gasteiger partial charge in [0.15, 0.2) is 11.5 Å². The minimum atomic E-state index is -1.52. The lowest BCUT2D eigenvalue weighted by Crippen LogP contribution is -2.32. The Morgan fingerprint density at radius 2 is 1.94 bits per heavy atom. The van der Waals surface area contributed by atoms with E-state index in [-0.39, 0.29) is 17.0 Å². The third kappa shape index (κ3) is 5.08. The summed E-state index contributed by atoms with van der Waals surface area (Å²) >= 11 is 0. The first-order chi connectivity index (χ1) is 15.4. The molecule has 172 valence electrons. The Morgan fingerprint density at radius 1 is 1.28 bits per heavy atom. The zero-order valence-electron chi connectivity index (χ0n) is 18.7. The van der Waals surface area contributed by atoms with Crippen LogP contribution in [0.25, 0.3) is 0 Å². The highest BCUT2D eigenvalue weighted by Gasteiger charge is 2.33. The van der Waals surface area contributed by atoms with Crippen LogP contribution in [-0.4, -0.2) is 54.6 Å². The molecule has 0 radical (unpaired) electrons. The van der Waals surface area contributed by atoms with E-state index in [0.717, 1.165) is 25.9 Å². The van der Waals surface area contributed by atoms with E-state index < -0.39 is 16.8 Å². The molecule has 1 aliphatic rings. The number of carbonyl (C=O) groups excluding carboxylic acids is 1. The molecule has 0 saturated carbocycles. The van der Waals surface area contributed by atoms with Gasteiger partial charge in [-0.2, -0.15) is 0 Å². The number of aliphatic hydroxyl groups excluding tert-OH is 1. The van der Waals surface area contributed by atoms with E-state index in [4.69, 9.17) is 9.47 Å². The first-order valence-corrected chi connectivity index (χ1v) is 10.8. The molecule has 0 aromatic heterocycles. The van der Waals surface area contributed by atoms with E-state index in [9.17, 15) is 20.0 Å². The number of Topliss-reactive ketones (excluding diaryl/α,β-unsaturated/α-hetero) is 1. The molecule has 0 aliphatic carbocycles. The molecule has 0 spiro atoms. The second kappa shape index (κ2) is 10.6. The van der Waals surface area contributed by atoms with Crippen molar-refractivity contribution in [2.24, 2.45) is 5.92 Å². The van der Waals surface area contributed by atoms with Crippen LogP contribution in [0.15, 0.2) is 36.4 Å². The highest BCUT2D eigenvalue weighted by molar-refractivity contribution is 6.05. The summed E-state index contributed by atoms with van der Waals surface area (Å²) in [4.78, 5) is 26.8. The molecule has 1 atom stereocenters. The Hall–Kier alpha value is -2.97. The third-order valence-electron chi connectivity index (χ3n) is 6.00. The number of nitro groups is 1. The Morgan fingerprint density at radius 3 is 2.50 bits per heavy atom. The standard InChI is InChI=1S/C24H30N2O6/c1-4-18-21(23(28)22(27)17-8-6-5-7-9-17)19(26(29)30)14-20(24(18)31-3)32-15-16-10-12-25(2)13-11-16/h5-9,14,16,22,27H,4,10-13,15H2,1-3H3. The predicted molar refractivity (Wildman–Crippen MR) is 120 cm³/mol. The molecule has 0 amide bonds. The number of hydrogen-bond donors (Lipinski definition) is 1. The Bertz CT molecular complexity index is 955. The highest BCUT2D eigenvalue weighted by atomic mass is 16.6. The number of aliphatic hydroxyl groups is 1. The second-order valence-electron chi connectivity index (χ2n) is 8.13. The van der Waals surface area contributed by atoms with Crippen molar-refractivity contribution in [3.8, 4) is 11.5 Å². The van der Waals surface area contributed by atoms with Gasteiger partial charge in [-0.25, -0.2) is 0 Å². The normalized spacial score (nSPS) is 15.9. The number of likely N-dealkylation sites (tertiary alicyclic amines) is 1. The first kappa shape index (κ1) is 23.7. The maximum Gasteiger partial charge on any atom is 0.284 e. The van der Waals surface area contributed by atoms with Crippen molar-refractivity contribution in [3.05, 3.63) is 63.2 Å². The van der Waals surface area contributed by atoms with Crippen molar-refractivity contribution in [2.75, 3.05) is 33.9 Å². The van der Waals surface area contributed by atoms with E-state index in [1.165, 1.54) is 13.2 Å². The fourth-order valence-corrected chi connectivity index (χ4v) is 4.13. The molecule has 8 nitrogen and oxygen atoms in total. The molecular formula is C24H30N2O6. The van der Waals surface area contributed by atoms with Gasteiger partial charge in [0, 0.05) is 5.56 Å². The van der Waals surface area contributed by atoms with E-state index in [1.54, 1.807) is 37.3 Å². The topological polar surface area (TPSA) is 102 Å². The van der Waals surface area contributed by atoms with Gasteiger partial charge >= 0.3 is 0 Å². The molecule has 0 bridgehead atoms. The van der Waals surface area contributed by atoms with E-state index >= 15 is 0 Å². The largest absolute Gasteiger partial charge is 0.493 e. The van der Waals surface area contributed by atoms with E-state index in [2.05, 4.69) is 11.9 Å². The van der Waals surface area contributed by atoms with Crippen LogP contribution in [0.5, 0.6) is 11.5 Å². The van der Waals surface area contributed by atoms with Crippen molar-refractivity contribution >= 4 is 11.5 Å². The number of carbonyl (C=O) groups is 1. The molecule has 1 fully saturated rings. The molecule has 1 saturated heterocycles. The summed E-state index contributed by atoms with van der Waals surface area (Å²) in [5.41, 5.74) is 0.203. The van der Waals surface area contributed by atoms with Crippen LogP contribution in [0.3, 0.4) is 0 Å². The maximum atomic E-state index is 13.2. The number of benzene rings is 2. The van der Waals surface area contributed by atoms with Crippen LogP contribution < -0.4 is 9.47 Å². The molecule has 2 aromatic rings. The van der Waals surface area contributed by atoms with Crippen molar-refractivity contribution in [1.29, 1.82) is 0 Å². The van der Waals surface area contributed by atoms with Gasteiger partial charge in [0.25, 0.3) is 5.69 Å². The lowest BCUT2D eigenvalue weighted by atomic mass is 9.92. The summed E-state index contributed by atoms with van der Waals surface area (Å²) < 4.78 is 11.5. The van der Waals surface area contributed by atoms with Gasteiger partial charge in [0.2, 0.25) is 5.78 Å². The molecule has 3 rings (SSSR count). The summed E-state index contributed by atoms with van der Waals surface area (Å²) in [6, 6.07) is 9.62. The lowest BCUT2D eigenvalue weighted by Gasteiger charge is -2.29. The van der Waals surface area contributed by atoms with Gasteiger partial charge in [0.05, 0.1) is 24.7 Å². The SMILES string of the molecule is CCc1c(OC)c(OCC2CCN(C)CC2)cc([N+](=O)[O-])c1C(=O)C(O)c1ccccc1. The summed E-state index contributed by atoms with van der Waals surface area (Å²) in [6.45, 7) is 4.17. The first-order valence-electron chi connectivity index (χ1n) is 10.8. The molecule has 8 heteroatoms. The minimum Gasteiger partial charge on any atom is -0.493 e. The molecule has 1 heterocycles. The Labute approximate surface area is 187 Å². The van der Waals surface area contributed by atoms with Crippen molar-refractivity contribution in [3.63, 3.8) is 0 Å². The maximum absolute atomic E-state index is 13.2. The fourth-order valence-electron chi connectivity index (χ4n) is 4.13. The number of nitrogens with zero attached hydrogens (tertiary/aromatic N) is 2. The van der Waals surface area contributed by atoms with Crippen LogP contribution in [0, 0.1) is 16.0 Å². The van der Waals surface area contributed by atoms with Crippen LogP contribution in [0.4, 0.5) is 5.69 Å². The molecule has 32 heavy (non-hydrogen) atoms. The zero-order valence-corrected chi connectivity index (χ0v) is 18.7. The molecule has 1 aliphatic heterocycles. The van der Waals surface area contributed by atoms with Crippen molar-refractivity contribution < 1.29 is 24.3 Å². The molecule has 1 unspecified atom stereocenters. The van der Waals surface area contributed by atoms with Crippen LogP contribution >= 0.6 is 0 Å². The number of ether oxygens (including phenoxy) is 2. The van der Waals surface area contributed by atoms with Gasteiger partial charge in [-0.05, 0) is 50.9 Å². The summed E-state index contributed by atoms with van der Waals surface area (Å²) in [5.74, 6) is 0.163. The minimum absolute atomic E-state index is 0.141. The van der Waals surface area contributed by atoms with Gasteiger partial charge < -0.3 is 19.5 Å². The number of piperidine rings is 1. The summed E-state index contributed by atoms with van der Waals surface area (Å²) in [5, 5.41) is 22.6. The fraction of sp³-hybridized carbons (Fsp3) is 0.458. The summed E-state index contributed by atoms with van der Waals surface area (Å²) in [6.07, 6.45) is 0.761. The number of hydrogen-bond acceptors (Lipinski definition) is 7. The molecular weight excluding hydrogens is 412 g/mol. The van der Waals surface area contributed by atoms with Crippen LogP contribution in [0.1, 0.15) is 47.4 Å². The van der Waals surface area contributed by atoms with Gasteiger partial charge in [0.1, 0.15) is 11.7 Å². The Kier molecular flexibility index (Phi) is 7.82. The third-order valence-corrected chi connectivity index (χ3v) is 6.00. The van der Waals surface area contributed by atoms with Gasteiger partial charge in [-0.1, -0.05) is 37.3 Å². The monoisotopic (exact) mass is 442 g/mol. The van der Waals surface area contributed by atoms with Crippen molar-refractivity contribution in [2.45, 2.75) is 32.3 Å².